The Balaban J connectivity index is 1.77. The number of hydrogen-bond acceptors (Lipinski definition) is 3. The summed E-state index contributed by atoms with van der Waals surface area (Å²) in [5.41, 5.74) is 2.32. The number of benzene rings is 4. The molecule has 1 fully saturated rings. The number of halogens is 2. The summed E-state index contributed by atoms with van der Waals surface area (Å²) in [6, 6.07) is 23.5. The van der Waals surface area contributed by atoms with Crippen LogP contribution >= 0.6 is 0 Å². The highest BCUT2D eigenvalue weighted by Gasteiger charge is 2.57. The van der Waals surface area contributed by atoms with Crippen molar-refractivity contribution in [2.45, 2.75) is 24.9 Å². The van der Waals surface area contributed by atoms with Crippen molar-refractivity contribution in [2.75, 3.05) is 0 Å². The van der Waals surface area contributed by atoms with Crippen molar-refractivity contribution in [1.29, 1.82) is 0 Å². The van der Waals surface area contributed by atoms with Crippen LogP contribution in [0.1, 0.15) is 49.4 Å². The second kappa shape index (κ2) is 10.6. The van der Waals surface area contributed by atoms with Gasteiger partial charge in [0, 0.05) is 17.0 Å². The van der Waals surface area contributed by atoms with E-state index in [0.717, 1.165) is 17.7 Å². The summed E-state index contributed by atoms with van der Waals surface area (Å²) in [5.74, 6) is -5.34. The van der Waals surface area contributed by atoms with Gasteiger partial charge >= 0.3 is 5.97 Å². The smallest absolute Gasteiger partial charge is 0.327 e. The number of aryl methyl sites for hydroxylation is 1. The third kappa shape index (κ3) is 4.95. The van der Waals surface area contributed by atoms with Crippen molar-refractivity contribution < 1.29 is 28.3 Å². The van der Waals surface area contributed by atoms with E-state index in [1.807, 2.05) is 13.0 Å². The average Bonchev–Trinajstić information content (AvgIpc) is 3.30. The number of nitrogens with zero attached hydrogens (tertiary/aromatic N) is 1. The van der Waals surface area contributed by atoms with Gasteiger partial charge in [-0.15, -0.1) is 0 Å². The number of carbonyl (C=O) groups is 3. The maximum absolute atomic E-state index is 14.3. The maximum atomic E-state index is 14.3. The van der Waals surface area contributed by atoms with Gasteiger partial charge in [-0.2, -0.15) is 0 Å². The molecular formula is C32H25F2NO4. The van der Waals surface area contributed by atoms with Crippen molar-refractivity contribution in [2.24, 2.45) is 5.92 Å². The molecule has 4 unspecified atom stereocenters. The van der Waals surface area contributed by atoms with Gasteiger partial charge in [0.05, 0.1) is 12.0 Å². The van der Waals surface area contributed by atoms with Crippen LogP contribution in [-0.4, -0.2) is 33.7 Å². The van der Waals surface area contributed by atoms with Crippen LogP contribution < -0.4 is 0 Å². The number of carboxylic acids is 1. The molecule has 1 amide bonds. The molecule has 5 rings (SSSR count). The highest BCUT2D eigenvalue weighted by molar-refractivity contribution is 6.03. The Morgan fingerprint density at radius 1 is 0.718 bits per heavy atom. The molecule has 0 aliphatic carbocycles. The van der Waals surface area contributed by atoms with Crippen LogP contribution in [0.15, 0.2) is 103 Å². The summed E-state index contributed by atoms with van der Waals surface area (Å²) in [5, 5.41) is 10.5. The molecule has 0 saturated carbocycles. The zero-order chi connectivity index (χ0) is 27.7. The van der Waals surface area contributed by atoms with E-state index in [-0.39, 0.29) is 11.3 Å². The average molecular weight is 526 g/mol. The molecule has 4 aromatic rings. The topological polar surface area (TPSA) is 74.7 Å². The lowest BCUT2D eigenvalue weighted by Crippen LogP contribution is -2.43. The van der Waals surface area contributed by atoms with E-state index in [4.69, 9.17) is 0 Å². The minimum Gasteiger partial charge on any atom is -0.480 e. The summed E-state index contributed by atoms with van der Waals surface area (Å²) in [6.07, 6.45) is 0. The molecular weight excluding hydrogens is 500 g/mol. The lowest BCUT2D eigenvalue weighted by Gasteiger charge is -2.30. The van der Waals surface area contributed by atoms with E-state index in [1.165, 1.54) is 41.3 Å². The zero-order valence-corrected chi connectivity index (χ0v) is 21.0. The molecule has 1 aliphatic heterocycles. The van der Waals surface area contributed by atoms with Gasteiger partial charge in [0.1, 0.15) is 17.7 Å². The molecule has 7 heteroatoms. The largest absolute Gasteiger partial charge is 0.480 e. The van der Waals surface area contributed by atoms with Gasteiger partial charge in [0.25, 0.3) is 5.91 Å². The Bertz CT molecular complexity index is 1520. The second-order valence-electron chi connectivity index (χ2n) is 9.69. The quantitative estimate of drug-likeness (QED) is 0.304. The van der Waals surface area contributed by atoms with Crippen molar-refractivity contribution >= 4 is 17.7 Å². The zero-order valence-electron chi connectivity index (χ0n) is 21.0. The molecule has 1 N–H and O–H groups in total. The minimum absolute atomic E-state index is 0.0880. The van der Waals surface area contributed by atoms with E-state index in [2.05, 4.69) is 0 Å². The molecule has 196 valence electrons. The fourth-order valence-corrected chi connectivity index (χ4v) is 5.57. The number of aliphatic carboxylic acids is 1. The summed E-state index contributed by atoms with van der Waals surface area (Å²) in [6.45, 7) is 1.85. The van der Waals surface area contributed by atoms with Crippen LogP contribution in [0.2, 0.25) is 0 Å². The number of carbonyl (C=O) groups excluding carboxylic acids is 2. The molecule has 4 atom stereocenters. The number of Topliss-reactive ketones (excluding diaryl/α,β-unsaturated/α-hetero) is 1. The molecule has 0 radical (unpaired) electrons. The third-order valence-electron chi connectivity index (χ3n) is 7.25. The number of likely N-dealkylation sites (tertiary alicyclic amines) is 1. The molecule has 39 heavy (non-hydrogen) atoms. The molecule has 1 saturated heterocycles. The maximum Gasteiger partial charge on any atom is 0.327 e. The Kier molecular flexibility index (Phi) is 7.07. The standard InChI is InChI=1S/C32H25F2NO4/c1-19-6-5-9-23(18-19)30(36)27-26(20-10-14-24(33)15-11-20)29(32(38)39)35(28(27)21-7-3-2-4-8-21)31(37)22-12-16-25(34)17-13-22/h2-18,26-29H,1H3,(H,38,39). The number of carboxylic acid groups (broad SMARTS) is 1. The summed E-state index contributed by atoms with van der Waals surface area (Å²) < 4.78 is 27.6. The van der Waals surface area contributed by atoms with Crippen LogP contribution in [0, 0.1) is 24.5 Å². The molecule has 1 aliphatic rings. The number of ketones is 1. The second-order valence-corrected chi connectivity index (χ2v) is 9.69. The normalized spacial score (nSPS) is 20.5. The highest BCUT2D eigenvalue weighted by Crippen LogP contribution is 2.51. The van der Waals surface area contributed by atoms with E-state index < -0.39 is 47.4 Å². The Morgan fingerprint density at radius 2 is 1.33 bits per heavy atom. The van der Waals surface area contributed by atoms with Crippen molar-refractivity contribution in [3.8, 4) is 0 Å². The molecule has 1 heterocycles. The predicted octanol–water partition coefficient (Wildman–Crippen LogP) is 6.21. The fourth-order valence-electron chi connectivity index (χ4n) is 5.57. The molecule has 0 aromatic heterocycles. The molecule has 5 nitrogen and oxygen atoms in total. The summed E-state index contributed by atoms with van der Waals surface area (Å²) in [4.78, 5) is 42.5. The van der Waals surface area contributed by atoms with Crippen LogP contribution in [-0.2, 0) is 4.79 Å². The van der Waals surface area contributed by atoms with Crippen molar-refractivity contribution in [1.82, 2.24) is 4.90 Å². The fraction of sp³-hybridized carbons (Fsp3) is 0.156. The first kappa shape index (κ1) is 26.0. The van der Waals surface area contributed by atoms with E-state index in [9.17, 15) is 28.3 Å². The summed E-state index contributed by atoms with van der Waals surface area (Å²) >= 11 is 0. The lowest BCUT2D eigenvalue weighted by atomic mass is 9.76. The lowest BCUT2D eigenvalue weighted by molar-refractivity contribution is -0.142. The van der Waals surface area contributed by atoms with Crippen molar-refractivity contribution in [3.05, 3.63) is 143 Å². The van der Waals surface area contributed by atoms with Crippen LogP contribution in [0.25, 0.3) is 0 Å². The van der Waals surface area contributed by atoms with Gasteiger partial charge in [0.15, 0.2) is 5.78 Å². The van der Waals surface area contributed by atoms with Gasteiger partial charge < -0.3 is 10.0 Å². The van der Waals surface area contributed by atoms with Crippen LogP contribution in [0.3, 0.4) is 0 Å². The van der Waals surface area contributed by atoms with E-state index >= 15 is 0 Å². The summed E-state index contributed by atoms with van der Waals surface area (Å²) in [7, 11) is 0. The Hall–Kier alpha value is -4.65. The molecule has 0 spiro atoms. The first-order valence-electron chi connectivity index (χ1n) is 12.5. The van der Waals surface area contributed by atoms with Gasteiger partial charge in [-0.3, -0.25) is 9.59 Å². The monoisotopic (exact) mass is 525 g/mol. The van der Waals surface area contributed by atoms with Crippen LogP contribution in [0.5, 0.6) is 0 Å². The van der Waals surface area contributed by atoms with Gasteiger partial charge in [-0.05, 0) is 60.5 Å². The van der Waals surface area contributed by atoms with Crippen LogP contribution in [0.4, 0.5) is 8.78 Å². The number of amides is 1. The minimum atomic E-state index is -1.46. The van der Waals surface area contributed by atoms with Gasteiger partial charge in [-0.1, -0.05) is 66.2 Å². The van der Waals surface area contributed by atoms with Gasteiger partial charge in [-0.25, -0.2) is 13.6 Å². The van der Waals surface area contributed by atoms with Gasteiger partial charge in [0.2, 0.25) is 0 Å². The van der Waals surface area contributed by atoms with E-state index in [0.29, 0.717) is 16.7 Å². The van der Waals surface area contributed by atoms with Crippen molar-refractivity contribution in [3.63, 3.8) is 0 Å². The number of rotatable bonds is 6. The molecule has 0 bridgehead atoms. The molecule has 4 aromatic carbocycles. The highest BCUT2D eigenvalue weighted by atomic mass is 19.1. The first-order chi connectivity index (χ1) is 18.8. The third-order valence-corrected chi connectivity index (χ3v) is 7.25. The number of hydrogen-bond donors (Lipinski definition) is 1. The first-order valence-corrected chi connectivity index (χ1v) is 12.5. The SMILES string of the molecule is Cc1cccc(C(=O)C2C(c3ccc(F)cc3)C(C(=O)O)N(C(=O)c3ccc(F)cc3)C2c2ccccc2)c1. The Morgan fingerprint density at radius 3 is 1.92 bits per heavy atom. The Labute approximate surface area is 224 Å². The predicted molar refractivity (Wildman–Crippen MR) is 141 cm³/mol. The van der Waals surface area contributed by atoms with E-state index in [1.54, 1.807) is 48.5 Å².